The largest absolute Gasteiger partial charge is 0.413 e. The van der Waals surface area contributed by atoms with Gasteiger partial charge < -0.3 is 13.9 Å². The number of rotatable bonds is 4. The van der Waals surface area contributed by atoms with E-state index in [1.54, 1.807) is 0 Å². The lowest BCUT2D eigenvalue weighted by Gasteiger charge is -2.52. The molecule has 3 fully saturated rings. The molecule has 0 aromatic heterocycles. The first-order chi connectivity index (χ1) is 12.8. The Balaban J connectivity index is 1.91. The van der Waals surface area contributed by atoms with Crippen molar-refractivity contribution in [3.8, 4) is 0 Å². The van der Waals surface area contributed by atoms with Crippen molar-refractivity contribution in [2.45, 2.75) is 122 Å². The van der Waals surface area contributed by atoms with Gasteiger partial charge in [0.2, 0.25) is 0 Å². The molecule has 0 aromatic carbocycles. The maximum absolute atomic E-state index is 12.4. The van der Waals surface area contributed by atoms with E-state index < -0.39 is 14.1 Å². The first-order valence-electron chi connectivity index (χ1n) is 11.4. The summed E-state index contributed by atoms with van der Waals surface area (Å²) in [6.45, 7) is 16.4. The molecular weight excluding hydrogens is 368 g/mol. The average Bonchev–Trinajstić information content (AvgIpc) is 2.80. The number of carbonyl (C=O) groups excluding carboxylic acids is 1. The van der Waals surface area contributed by atoms with E-state index in [9.17, 15) is 4.79 Å². The van der Waals surface area contributed by atoms with Gasteiger partial charge in [0.15, 0.2) is 14.1 Å². The average molecular weight is 411 g/mol. The highest BCUT2D eigenvalue weighted by Crippen LogP contribution is 2.55. The normalized spacial score (nSPS) is 36.8. The van der Waals surface area contributed by atoms with E-state index in [1.807, 2.05) is 13.8 Å². The van der Waals surface area contributed by atoms with Crippen molar-refractivity contribution < 1.29 is 18.7 Å². The molecule has 0 aromatic rings. The Labute approximate surface area is 173 Å². The van der Waals surface area contributed by atoms with E-state index in [2.05, 4.69) is 33.9 Å². The molecule has 4 atom stereocenters. The van der Waals surface area contributed by atoms with Crippen LogP contribution < -0.4 is 0 Å². The van der Waals surface area contributed by atoms with E-state index in [1.165, 1.54) is 12.8 Å². The summed E-state index contributed by atoms with van der Waals surface area (Å²) in [5.74, 6) is 0.373. The first kappa shape index (κ1) is 22.5. The van der Waals surface area contributed by atoms with Gasteiger partial charge in [-0.3, -0.25) is 4.79 Å². The zero-order valence-corrected chi connectivity index (χ0v) is 20.2. The minimum absolute atomic E-state index is 0.0500. The molecule has 0 amide bonds. The van der Waals surface area contributed by atoms with Gasteiger partial charge in [-0.05, 0) is 63.6 Å². The van der Waals surface area contributed by atoms with E-state index in [4.69, 9.17) is 13.9 Å². The van der Waals surface area contributed by atoms with Crippen LogP contribution in [0.4, 0.5) is 0 Å². The van der Waals surface area contributed by atoms with Crippen molar-refractivity contribution in [3.63, 3.8) is 0 Å². The molecule has 1 heterocycles. The van der Waals surface area contributed by atoms with Gasteiger partial charge in [0, 0.05) is 18.3 Å². The lowest BCUT2D eigenvalue weighted by molar-refractivity contribution is -0.152. The summed E-state index contributed by atoms with van der Waals surface area (Å²) >= 11 is 0. The van der Waals surface area contributed by atoms with Gasteiger partial charge in [0.05, 0.1) is 18.8 Å². The second-order valence-corrected chi connectivity index (χ2v) is 16.2. The predicted molar refractivity (Wildman–Crippen MR) is 115 cm³/mol. The Morgan fingerprint density at radius 3 is 2.46 bits per heavy atom. The van der Waals surface area contributed by atoms with Crippen LogP contribution in [0.2, 0.25) is 18.1 Å². The van der Waals surface area contributed by atoms with Crippen LogP contribution in [-0.4, -0.2) is 38.7 Å². The van der Waals surface area contributed by atoms with E-state index in [0.29, 0.717) is 24.7 Å². The van der Waals surface area contributed by atoms with Gasteiger partial charge in [0.1, 0.15) is 5.78 Å². The molecule has 0 unspecified atom stereocenters. The van der Waals surface area contributed by atoms with Crippen LogP contribution in [0.1, 0.15) is 86.0 Å². The Bertz CT molecular complexity index is 580. The second-order valence-electron chi connectivity index (χ2n) is 11.5. The maximum atomic E-state index is 12.4. The zero-order chi connectivity index (χ0) is 20.8. The molecule has 0 radical (unpaired) electrons. The second kappa shape index (κ2) is 7.79. The molecule has 0 spiro atoms. The zero-order valence-electron chi connectivity index (χ0n) is 19.2. The molecule has 0 N–H and O–H groups in total. The van der Waals surface area contributed by atoms with Crippen molar-refractivity contribution in [3.05, 3.63) is 0 Å². The molecule has 5 heteroatoms. The highest BCUT2D eigenvalue weighted by atomic mass is 28.4. The van der Waals surface area contributed by atoms with Crippen molar-refractivity contribution in [2.75, 3.05) is 6.61 Å². The number of ketones is 1. The highest BCUT2D eigenvalue weighted by molar-refractivity contribution is 6.74. The Morgan fingerprint density at radius 1 is 1.18 bits per heavy atom. The predicted octanol–water partition coefficient (Wildman–Crippen LogP) is 5.85. The van der Waals surface area contributed by atoms with Crippen LogP contribution in [0, 0.1) is 11.3 Å². The molecule has 1 saturated heterocycles. The molecule has 4 nitrogen and oxygen atoms in total. The number of Topliss-reactive ketones (excluding diaryl/α,β-unsaturated/α-hetero) is 1. The first-order valence-corrected chi connectivity index (χ1v) is 14.3. The summed E-state index contributed by atoms with van der Waals surface area (Å²) in [6.07, 6.45) is 8.39. The number of carbonyl (C=O) groups is 1. The number of ether oxygens (including phenoxy) is 2. The molecule has 0 bridgehead atoms. The van der Waals surface area contributed by atoms with Gasteiger partial charge in [0.25, 0.3) is 0 Å². The van der Waals surface area contributed by atoms with Crippen molar-refractivity contribution in [1.82, 2.24) is 0 Å². The highest BCUT2D eigenvalue weighted by Gasteiger charge is 2.54. The fraction of sp³-hybridized carbons (Fsp3) is 0.957. The van der Waals surface area contributed by atoms with E-state index in [0.717, 1.165) is 32.1 Å². The molecule has 28 heavy (non-hydrogen) atoms. The SMILES string of the molecule is CC1(C)OC[C@H](C[C@]23CCC(=O)C[C@H]2CCCC[C@@H]3O[Si](C)(C)C(C)(C)C)O1. The van der Waals surface area contributed by atoms with Gasteiger partial charge in [-0.2, -0.15) is 0 Å². The lowest BCUT2D eigenvalue weighted by Crippen LogP contribution is -2.54. The third-order valence-electron chi connectivity index (χ3n) is 7.98. The summed E-state index contributed by atoms with van der Waals surface area (Å²) in [4.78, 5) is 12.4. The third-order valence-corrected chi connectivity index (χ3v) is 12.5. The van der Waals surface area contributed by atoms with Crippen molar-refractivity contribution in [2.24, 2.45) is 11.3 Å². The molecule has 2 aliphatic carbocycles. The molecular formula is C23H42O4Si. The van der Waals surface area contributed by atoms with Crippen LogP contribution in [0.5, 0.6) is 0 Å². The minimum atomic E-state index is -1.90. The quantitative estimate of drug-likeness (QED) is 0.545. The fourth-order valence-corrected chi connectivity index (χ4v) is 6.79. The summed E-state index contributed by atoms with van der Waals surface area (Å²) in [7, 11) is -1.90. The van der Waals surface area contributed by atoms with Crippen LogP contribution >= 0.6 is 0 Å². The van der Waals surface area contributed by atoms with Gasteiger partial charge >= 0.3 is 0 Å². The Kier molecular flexibility index (Phi) is 6.25. The van der Waals surface area contributed by atoms with Gasteiger partial charge in [-0.25, -0.2) is 0 Å². The molecule has 3 aliphatic rings. The summed E-state index contributed by atoms with van der Waals surface area (Å²) in [5.41, 5.74) is 0.0500. The monoisotopic (exact) mass is 410 g/mol. The molecule has 162 valence electrons. The molecule has 3 rings (SSSR count). The van der Waals surface area contributed by atoms with Crippen LogP contribution in [0.3, 0.4) is 0 Å². The summed E-state index contributed by atoms with van der Waals surface area (Å²) < 4.78 is 19.3. The molecule has 2 saturated carbocycles. The Morgan fingerprint density at radius 2 is 1.86 bits per heavy atom. The number of hydrogen-bond donors (Lipinski definition) is 0. The van der Waals surface area contributed by atoms with Crippen molar-refractivity contribution >= 4 is 14.1 Å². The third kappa shape index (κ3) is 4.58. The Hall–Kier alpha value is -0.233. The van der Waals surface area contributed by atoms with Gasteiger partial charge in [-0.15, -0.1) is 0 Å². The standard InChI is InChI=1S/C23H42O4Si/c1-21(2,3)28(6,7)27-20-11-9-8-10-17-14-18(24)12-13-23(17,20)15-19-16-25-22(4,5)26-19/h17,19-20H,8-16H2,1-7H3/t17-,19+,20+,23-/m1/s1. The summed E-state index contributed by atoms with van der Waals surface area (Å²) in [5, 5.41) is 0.190. The van der Waals surface area contributed by atoms with Crippen LogP contribution in [0.15, 0.2) is 0 Å². The number of hydrogen-bond acceptors (Lipinski definition) is 4. The smallest absolute Gasteiger partial charge is 0.192 e. The van der Waals surface area contributed by atoms with E-state index >= 15 is 0 Å². The van der Waals surface area contributed by atoms with Gasteiger partial charge in [-0.1, -0.05) is 33.6 Å². The topological polar surface area (TPSA) is 44.8 Å². The number of fused-ring (bicyclic) bond motifs is 1. The lowest BCUT2D eigenvalue weighted by atomic mass is 9.59. The van der Waals surface area contributed by atoms with Crippen molar-refractivity contribution in [1.29, 1.82) is 0 Å². The van der Waals surface area contributed by atoms with Crippen LogP contribution in [0.25, 0.3) is 0 Å². The minimum Gasteiger partial charge on any atom is -0.413 e. The van der Waals surface area contributed by atoms with E-state index in [-0.39, 0.29) is 22.7 Å². The van der Waals surface area contributed by atoms with Crippen LogP contribution in [-0.2, 0) is 18.7 Å². The molecule has 1 aliphatic heterocycles. The fourth-order valence-electron chi connectivity index (χ4n) is 5.37. The summed E-state index contributed by atoms with van der Waals surface area (Å²) in [6, 6.07) is 0. The maximum Gasteiger partial charge on any atom is 0.192 e.